The highest BCUT2D eigenvalue weighted by Crippen LogP contribution is 2.16. The molecule has 2 atom stereocenters. The third-order valence-electron chi connectivity index (χ3n) is 4.03. The second kappa shape index (κ2) is 7.41. The van der Waals surface area contributed by atoms with Gasteiger partial charge < -0.3 is 10.4 Å². The first kappa shape index (κ1) is 15.0. The van der Waals surface area contributed by atoms with E-state index in [4.69, 9.17) is 0 Å². The van der Waals surface area contributed by atoms with Crippen LogP contribution in [0.5, 0.6) is 0 Å². The van der Waals surface area contributed by atoms with E-state index in [9.17, 15) is 9.90 Å². The van der Waals surface area contributed by atoms with Gasteiger partial charge in [0.25, 0.3) is 5.91 Å². The Morgan fingerprint density at radius 1 is 1.40 bits per heavy atom. The summed E-state index contributed by atoms with van der Waals surface area (Å²) in [5.74, 6) is -0.308. The van der Waals surface area contributed by atoms with Crippen LogP contribution in [0.25, 0.3) is 0 Å². The number of aliphatic hydroxyl groups excluding tert-OH is 1. The first-order valence-electron chi connectivity index (χ1n) is 7.47. The lowest BCUT2D eigenvalue weighted by molar-refractivity contribution is -0.129. The van der Waals surface area contributed by atoms with Crippen LogP contribution in [0.2, 0.25) is 0 Å². The van der Waals surface area contributed by atoms with Gasteiger partial charge in [-0.15, -0.1) is 0 Å². The zero-order valence-corrected chi connectivity index (χ0v) is 12.1. The Kier molecular flexibility index (Phi) is 5.56. The molecule has 1 fully saturated rings. The minimum atomic E-state index is -1.07. The summed E-state index contributed by atoms with van der Waals surface area (Å²) in [5.41, 5.74) is 0.640. The van der Waals surface area contributed by atoms with Gasteiger partial charge in [-0.1, -0.05) is 43.7 Å². The molecule has 1 heterocycles. The molecule has 0 saturated carbocycles. The van der Waals surface area contributed by atoms with Crippen molar-refractivity contribution in [2.45, 2.75) is 38.3 Å². The summed E-state index contributed by atoms with van der Waals surface area (Å²) in [6.45, 7) is 4.90. The van der Waals surface area contributed by atoms with Crippen LogP contribution in [0.15, 0.2) is 30.3 Å². The van der Waals surface area contributed by atoms with Crippen molar-refractivity contribution in [1.29, 1.82) is 0 Å². The van der Waals surface area contributed by atoms with E-state index < -0.39 is 6.10 Å². The third kappa shape index (κ3) is 3.81. The predicted octanol–water partition coefficient (Wildman–Crippen LogP) is 1.71. The molecule has 2 N–H and O–H groups in total. The summed E-state index contributed by atoms with van der Waals surface area (Å²) in [6.07, 6.45) is 2.51. The number of likely N-dealkylation sites (tertiary alicyclic amines) is 1. The number of carbonyl (C=O) groups is 1. The molecular formula is C16H24N2O2. The largest absolute Gasteiger partial charge is 0.378 e. The highest BCUT2D eigenvalue weighted by atomic mass is 16.3. The van der Waals surface area contributed by atoms with Gasteiger partial charge in [-0.25, -0.2) is 0 Å². The molecule has 0 spiro atoms. The van der Waals surface area contributed by atoms with E-state index in [0.717, 1.165) is 19.5 Å². The van der Waals surface area contributed by atoms with E-state index in [1.165, 1.54) is 12.8 Å². The maximum absolute atomic E-state index is 12.0. The van der Waals surface area contributed by atoms with Crippen molar-refractivity contribution in [1.82, 2.24) is 10.2 Å². The van der Waals surface area contributed by atoms with Gasteiger partial charge in [0.05, 0.1) is 0 Å². The van der Waals surface area contributed by atoms with Crippen LogP contribution in [0.4, 0.5) is 0 Å². The van der Waals surface area contributed by atoms with E-state index in [1.807, 2.05) is 18.2 Å². The Hall–Kier alpha value is -1.39. The van der Waals surface area contributed by atoms with Gasteiger partial charge in [-0.2, -0.15) is 0 Å². The number of rotatable bonds is 5. The van der Waals surface area contributed by atoms with Crippen molar-refractivity contribution in [2.24, 2.45) is 0 Å². The van der Waals surface area contributed by atoms with Crippen LogP contribution < -0.4 is 5.32 Å². The van der Waals surface area contributed by atoms with E-state index in [2.05, 4.69) is 17.1 Å². The fourth-order valence-electron chi connectivity index (χ4n) is 2.81. The molecule has 1 amide bonds. The minimum Gasteiger partial charge on any atom is -0.378 e. The lowest BCUT2D eigenvalue weighted by Gasteiger charge is -2.35. The molecule has 0 aliphatic carbocycles. The summed E-state index contributed by atoms with van der Waals surface area (Å²) in [5, 5.41) is 12.9. The average Bonchev–Trinajstić information content (AvgIpc) is 2.53. The van der Waals surface area contributed by atoms with Gasteiger partial charge in [-0.3, -0.25) is 9.69 Å². The van der Waals surface area contributed by atoms with Crippen molar-refractivity contribution in [2.75, 3.05) is 19.6 Å². The number of piperidine rings is 1. The number of amides is 1. The average molecular weight is 276 g/mol. The summed E-state index contributed by atoms with van der Waals surface area (Å²) < 4.78 is 0. The summed E-state index contributed by atoms with van der Waals surface area (Å²) in [4.78, 5) is 14.4. The number of benzene rings is 1. The quantitative estimate of drug-likeness (QED) is 0.861. The van der Waals surface area contributed by atoms with Crippen molar-refractivity contribution in [3.63, 3.8) is 0 Å². The number of nitrogens with zero attached hydrogens (tertiary/aromatic N) is 1. The van der Waals surface area contributed by atoms with Crippen molar-refractivity contribution >= 4 is 5.91 Å². The molecule has 4 heteroatoms. The zero-order valence-electron chi connectivity index (χ0n) is 12.1. The summed E-state index contributed by atoms with van der Waals surface area (Å²) in [7, 11) is 0. The normalized spacial score (nSPS) is 21.4. The van der Waals surface area contributed by atoms with Crippen LogP contribution in [0.1, 0.15) is 37.9 Å². The Labute approximate surface area is 120 Å². The van der Waals surface area contributed by atoms with Gasteiger partial charge in [0, 0.05) is 12.6 Å². The molecule has 2 unspecified atom stereocenters. The number of carbonyl (C=O) groups excluding carboxylic acids is 1. The van der Waals surface area contributed by atoms with E-state index in [-0.39, 0.29) is 5.91 Å². The fraction of sp³-hybridized carbons (Fsp3) is 0.562. The number of likely N-dealkylation sites (N-methyl/N-ethyl adjacent to an activating group) is 1. The van der Waals surface area contributed by atoms with Crippen LogP contribution >= 0.6 is 0 Å². The van der Waals surface area contributed by atoms with E-state index >= 15 is 0 Å². The lowest BCUT2D eigenvalue weighted by Crippen LogP contribution is -2.47. The number of aliphatic hydroxyl groups is 1. The third-order valence-corrected chi connectivity index (χ3v) is 4.03. The monoisotopic (exact) mass is 276 g/mol. The molecule has 1 aromatic rings. The van der Waals surface area contributed by atoms with Crippen LogP contribution in [-0.4, -0.2) is 41.6 Å². The molecule has 1 aliphatic rings. The van der Waals surface area contributed by atoms with Gasteiger partial charge >= 0.3 is 0 Å². The SMILES string of the molecule is CCN1CCCCC1CNC(=O)C(O)c1ccccc1. The Bertz CT molecular complexity index is 422. The maximum Gasteiger partial charge on any atom is 0.253 e. The van der Waals surface area contributed by atoms with Gasteiger partial charge in [-0.05, 0) is 31.5 Å². The Balaban J connectivity index is 1.85. The first-order chi connectivity index (χ1) is 9.72. The van der Waals surface area contributed by atoms with Crippen LogP contribution in [-0.2, 0) is 4.79 Å². The fourth-order valence-corrected chi connectivity index (χ4v) is 2.81. The van der Waals surface area contributed by atoms with Crippen molar-refractivity contribution in [3.8, 4) is 0 Å². The molecule has 1 aliphatic heterocycles. The van der Waals surface area contributed by atoms with Crippen LogP contribution in [0.3, 0.4) is 0 Å². The predicted molar refractivity (Wildman–Crippen MR) is 79.3 cm³/mol. The summed E-state index contributed by atoms with van der Waals surface area (Å²) >= 11 is 0. The standard InChI is InChI=1S/C16H24N2O2/c1-2-18-11-7-6-10-14(18)12-17-16(20)15(19)13-8-4-3-5-9-13/h3-5,8-9,14-15,19H,2,6-7,10-12H2,1H3,(H,17,20). The number of nitrogens with one attached hydrogen (secondary N) is 1. The highest BCUT2D eigenvalue weighted by molar-refractivity contribution is 5.81. The van der Waals surface area contributed by atoms with E-state index in [0.29, 0.717) is 18.2 Å². The Morgan fingerprint density at radius 3 is 2.85 bits per heavy atom. The molecule has 0 radical (unpaired) electrons. The second-order valence-electron chi connectivity index (χ2n) is 5.34. The molecule has 4 nitrogen and oxygen atoms in total. The van der Waals surface area contributed by atoms with Gasteiger partial charge in [0.2, 0.25) is 0 Å². The minimum absolute atomic E-state index is 0.308. The molecule has 20 heavy (non-hydrogen) atoms. The maximum atomic E-state index is 12.0. The molecule has 1 aromatic carbocycles. The smallest absolute Gasteiger partial charge is 0.253 e. The molecule has 0 bridgehead atoms. The molecular weight excluding hydrogens is 252 g/mol. The highest BCUT2D eigenvalue weighted by Gasteiger charge is 2.23. The zero-order chi connectivity index (χ0) is 14.4. The molecule has 1 saturated heterocycles. The van der Waals surface area contributed by atoms with Crippen molar-refractivity contribution < 1.29 is 9.90 Å². The number of hydrogen-bond donors (Lipinski definition) is 2. The molecule has 2 rings (SSSR count). The van der Waals surface area contributed by atoms with E-state index in [1.54, 1.807) is 12.1 Å². The molecule has 0 aromatic heterocycles. The topological polar surface area (TPSA) is 52.6 Å². The number of hydrogen-bond acceptors (Lipinski definition) is 3. The summed E-state index contributed by atoms with van der Waals surface area (Å²) in [6, 6.07) is 9.46. The first-order valence-corrected chi connectivity index (χ1v) is 7.47. The lowest BCUT2D eigenvalue weighted by atomic mass is 10.0. The van der Waals surface area contributed by atoms with Crippen LogP contribution in [0, 0.1) is 0 Å². The van der Waals surface area contributed by atoms with Gasteiger partial charge in [0.1, 0.15) is 0 Å². The second-order valence-corrected chi connectivity index (χ2v) is 5.34. The van der Waals surface area contributed by atoms with Gasteiger partial charge in [0.15, 0.2) is 6.10 Å². The molecule has 110 valence electrons. The van der Waals surface area contributed by atoms with Crippen molar-refractivity contribution in [3.05, 3.63) is 35.9 Å². The Morgan fingerprint density at radius 2 is 2.15 bits per heavy atom.